The average molecular weight is 210 g/mol. The third-order valence-electron chi connectivity index (χ3n) is 2.89. The van der Waals surface area contributed by atoms with Gasteiger partial charge in [0.25, 0.3) is 0 Å². The van der Waals surface area contributed by atoms with Crippen LogP contribution in [-0.4, -0.2) is 20.9 Å². The number of nitrogens with zero attached hydrogens (tertiary/aromatic N) is 2. The molecule has 1 aromatic heterocycles. The van der Waals surface area contributed by atoms with E-state index in [4.69, 9.17) is 5.11 Å². The first kappa shape index (κ1) is 11.8. The van der Waals surface area contributed by atoms with E-state index in [-0.39, 0.29) is 11.8 Å². The average Bonchev–Trinajstić information content (AvgIpc) is 2.59. The van der Waals surface area contributed by atoms with Crippen LogP contribution in [0.2, 0.25) is 0 Å². The quantitative estimate of drug-likeness (QED) is 0.805. The summed E-state index contributed by atoms with van der Waals surface area (Å²) < 4.78 is 1.76. The summed E-state index contributed by atoms with van der Waals surface area (Å²) >= 11 is 0. The molecule has 1 N–H and O–H groups in total. The van der Waals surface area contributed by atoms with Crippen LogP contribution in [0, 0.1) is 11.8 Å². The van der Waals surface area contributed by atoms with Gasteiger partial charge >= 0.3 is 5.97 Å². The lowest BCUT2D eigenvalue weighted by atomic mass is 9.91. The minimum atomic E-state index is -0.714. The summed E-state index contributed by atoms with van der Waals surface area (Å²) in [6.45, 7) is 3.74. The molecule has 84 valence electrons. The SMILES string of the molecule is CC(CCc1cnn(C)c1)C(C)C(=O)O. The highest BCUT2D eigenvalue weighted by Crippen LogP contribution is 2.17. The van der Waals surface area contributed by atoms with Gasteiger partial charge in [-0.2, -0.15) is 5.10 Å². The second kappa shape index (κ2) is 4.96. The zero-order valence-electron chi connectivity index (χ0n) is 9.47. The zero-order valence-corrected chi connectivity index (χ0v) is 9.47. The lowest BCUT2D eigenvalue weighted by molar-refractivity contribution is -0.142. The normalized spacial score (nSPS) is 14.9. The smallest absolute Gasteiger partial charge is 0.306 e. The number of carboxylic acids is 1. The molecule has 0 aliphatic rings. The second-order valence-electron chi connectivity index (χ2n) is 4.17. The van der Waals surface area contributed by atoms with Crippen LogP contribution >= 0.6 is 0 Å². The topological polar surface area (TPSA) is 55.1 Å². The van der Waals surface area contributed by atoms with Gasteiger partial charge in [0.1, 0.15) is 0 Å². The molecule has 0 aliphatic carbocycles. The van der Waals surface area contributed by atoms with E-state index in [1.165, 1.54) is 5.56 Å². The van der Waals surface area contributed by atoms with Crippen molar-refractivity contribution in [3.05, 3.63) is 18.0 Å². The van der Waals surface area contributed by atoms with Crippen LogP contribution in [0.25, 0.3) is 0 Å². The number of hydrogen-bond acceptors (Lipinski definition) is 2. The van der Waals surface area contributed by atoms with E-state index in [1.54, 1.807) is 11.6 Å². The predicted molar refractivity (Wildman–Crippen MR) is 57.5 cm³/mol. The van der Waals surface area contributed by atoms with Gasteiger partial charge in [-0.1, -0.05) is 13.8 Å². The van der Waals surface area contributed by atoms with Crippen LogP contribution in [0.3, 0.4) is 0 Å². The molecule has 1 aromatic rings. The second-order valence-corrected chi connectivity index (χ2v) is 4.17. The van der Waals surface area contributed by atoms with Gasteiger partial charge in [-0.3, -0.25) is 9.48 Å². The molecule has 1 heterocycles. The first-order valence-electron chi connectivity index (χ1n) is 5.21. The van der Waals surface area contributed by atoms with E-state index in [1.807, 2.05) is 26.4 Å². The van der Waals surface area contributed by atoms with E-state index in [0.29, 0.717) is 0 Å². The number of rotatable bonds is 5. The van der Waals surface area contributed by atoms with Crippen LogP contribution in [0.4, 0.5) is 0 Å². The highest BCUT2D eigenvalue weighted by atomic mass is 16.4. The molecule has 0 spiro atoms. The predicted octanol–water partition coefficient (Wildman–Crippen LogP) is 1.71. The first-order chi connectivity index (χ1) is 7.00. The molecule has 0 bridgehead atoms. The Kier molecular flexibility index (Phi) is 3.88. The molecular formula is C11H18N2O2. The Morgan fingerprint density at radius 3 is 2.73 bits per heavy atom. The molecule has 4 heteroatoms. The lowest BCUT2D eigenvalue weighted by Crippen LogP contribution is -2.18. The Bertz CT molecular complexity index is 333. The molecule has 2 atom stereocenters. The van der Waals surface area contributed by atoms with Crippen molar-refractivity contribution in [1.29, 1.82) is 0 Å². The van der Waals surface area contributed by atoms with Crippen molar-refractivity contribution in [2.24, 2.45) is 18.9 Å². The van der Waals surface area contributed by atoms with E-state index < -0.39 is 5.97 Å². The Morgan fingerprint density at radius 1 is 1.60 bits per heavy atom. The van der Waals surface area contributed by atoms with Gasteiger partial charge in [-0.15, -0.1) is 0 Å². The number of aryl methyl sites for hydroxylation is 2. The maximum absolute atomic E-state index is 10.7. The van der Waals surface area contributed by atoms with Gasteiger partial charge in [0, 0.05) is 13.2 Å². The van der Waals surface area contributed by atoms with Gasteiger partial charge in [0.15, 0.2) is 0 Å². The van der Waals surface area contributed by atoms with Gasteiger partial charge in [0.05, 0.1) is 12.1 Å². The lowest BCUT2D eigenvalue weighted by Gasteiger charge is -2.14. The van der Waals surface area contributed by atoms with Gasteiger partial charge < -0.3 is 5.11 Å². The van der Waals surface area contributed by atoms with Crippen molar-refractivity contribution in [1.82, 2.24) is 9.78 Å². The van der Waals surface area contributed by atoms with Crippen molar-refractivity contribution >= 4 is 5.97 Å². The molecular weight excluding hydrogens is 192 g/mol. The van der Waals surface area contributed by atoms with Crippen LogP contribution in [0.15, 0.2) is 12.4 Å². The fraction of sp³-hybridized carbons (Fsp3) is 0.636. The van der Waals surface area contributed by atoms with Gasteiger partial charge in [0.2, 0.25) is 0 Å². The third kappa shape index (κ3) is 3.38. The summed E-state index contributed by atoms with van der Waals surface area (Å²) in [5.41, 5.74) is 1.17. The minimum absolute atomic E-state index is 0.197. The van der Waals surface area contributed by atoms with E-state index in [0.717, 1.165) is 12.8 Å². The molecule has 0 aliphatic heterocycles. The molecule has 0 fully saturated rings. The summed E-state index contributed by atoms with van der Waals surface area (Å²) in [6.07, 6.45) is 5.59. The Labute approximate surface area is 89.9 Å². The maximum atomic E-state index is 10.7. The fourth-order valence-electron chi connectivity index (χ4n) is 1.49. The Morgan fingerprint density at radius 2 is 2.27 bits per heavy atom. The Balaban J connectivity index is 2.40. The van der Waals surface area contributed by atoms with Gasteiger partial charge in [-0.05, 0) is 24.3 Å². The highest BCUT2D eigenvalue weighted by Gasteiger charge is 2.18. The molecule has 0 amide bonds. The zero-order chi connectivity index (χ0) is 11.4. The van der Waals surface area contributed by atoms with Crippen LogP contribution in [-0.2, 0) is 18.3 Å². The molecule has 1 rings (SSSR count). The monoisotopic (exact) mass is 210 g/mol. The maximum Gasteiger partial charge on any atom is 0.306 e. The summed E-state index contributed by atoms with van der Waals surface area (Å²) in [7, 11) is 1.88. The first-order valence-corrected chi connectivity index (χ1v) is 5.21. The van der Waals surface area contributed by atoms with Crippen molar-refractivity contribution in [3.8, 4) is 0 Å². The van der Waals surface area contributed by atoms with Crippen LogP contribution in [0.1, 0.15) is 25.8 Å². The largest absolute Gasteiger partial charge is 0.481 e. The van der Waals surface area contributed by atoms with Crippen molar-refractivity contribution in [2.45, 2.75) is 26.7 Å². The minimum Gasteiger partial charge on any atom is -0.481 e. The van der Waals surface area contributed by atoms with Crippen molar-refractivity contribution in [3.63, 3.8) is 0 Å². The third-order valence-corrected chi connectivity index (χ3v) is 2.89. The van der Waals surface area contributed by atoms with E-state index in [2.05, 4.69) is 5.10 Å². The molecule has 15 heavy (non-hydrogen) atoms. The standard InChI is InChI=1S/C11H18N2O2/c1-8(9(2)11(14)15)4-5-10-6-12-13(3)7-10/h6-9H,4-5H2,1-3H3,(H,14,15). The Hall–Kier alpha value is -1.32. The van der Waals surface area contributed by atoms with Gasteiger partial charge in [-0.25, -0.2) is 0 Å². The van der Waals surface area contributed by atoms with Crippen LogP contribution in [0.5, 0.6) is 0 Å². The number of aromatic nitrogens is 2. The molecule has 0 aromatic carbocycles. The molecule has 4 nitrogen and oxygen atoms in total. The van der Waals surface area contributed by atoms with E-state index in [9.17, 15) is 4.79 Å². The van der Waals surface area contributed by atoms with Crippen LogP contribution < -0.4 is 0 Å². The fourth-order valence-corrected chi connectivity index (χ4v) is 1.49. The molecule has 2 unspecified atom stereocenters. The number of hydrogen-bond donors (Lipinski definition) is 1. The number of carbonyl (C=O) groups is 1. The molecule has 0 saturated heterocycles. The van der Waals surface area contributed by atoms with Crippen molar-refractivity contribution < 1.29 is 9.90 Å². The summed E-state index contributed by atoms with van der Waals surface area (Å²) in [5, 5.41) is 12.9. The highest BCUT2D eigenvalue weighted by molar-refractivity contribution is 5.69. The number of carboxylic acid groups (broad SMARTS) is 1. The molecule has 0 radical (unpaired) electrons. The summed E-state index contributed by atoms with van der Waals surface area (Å²) in [5.74, 6) is -0.793. The van der Waals surface area contributed by atoms with E-state index >= 15 is 0 Å². The van der Waals surface area contributed by atoms with Crippen molar-refractivity contribution in [2.75, 3.05) is 0 Å². The summed E-state index contributed by atoms with van der Waals surface area (Å²) in [6, 6.07) is 0. The summed E-state index contributed by atoms with van der Waals surface area (Å²) in [4.78, 5) is 10.7. The number of aliphatic carboxylic acids is 1. The molecule has 0 saturated carbocycles.